The summed E-state index contributed by atoms with van der Waals surface area (Å²) in [5, 5.41) is 42.1. The number of fused-ring (bicyclic) bond motifs is 6. The number of hydrogen-bond acceptors (Lipinski definition) is 10. The zero-order valence-electron chi connectivity index (χ0n) is 17.6. The van der Waals surface area contributed by atoms with Gasteiger partial charge in [0.2, 0.25) is 0 Å². The van der Waals surface area contributed by atoms with Gasteiger partial charge in [-0.3, -0.25) is 19.2 Å². The molecule has 0 aromatic carbocycles. The number of nitrogens with zero attached hydrogens (tertiary/aromatic N) is 2. The number of aliphatic hydroxyl groups excluding tert-OH is 4. The van der Waals surface area contributed by atoms with Gasteiger partial charge in [-0.2, -0.15) is 0 Å². The highest BCUT2D eigenvalue weighted by Gasteiger charge is 2.76. The molecule has 5 aliphatic rings. The summed E-state index contributed by atoms with van der Waals surface area (Å²) in [6.07, 6.45) is -2.68. The van der Waals surface area contributed by atoms with Crippen LogP contribution in [-0.2, 0) is 19.2 Å². The van der Waals surface area contributed by atoms with Gasteiger partial charge in [0, 0.05) is 37.5 Å². The summed E-state index contributed by atoms with van der Waals surface area (Å²) < 4.78 is 0. The molecule has 0 radical (unpaired) electrons. The van der Waals surface area contributed by atoms with Gasteiger partial charge >= 0.3 is 0 Å². The molecule has 3 heterocycles. The van der Waals surface area contributed by atoms with E-state index in [0.29, 0.717) is 0 Å². The molecule has 0 aromatic rings. The predicted molar refractivity (Wildman–Crippen MR) is 113 cm³/mol. The molecule has 32 heavy (non-hydrogen) atoms. The quantitative estimate of drug-likeness (QED) is 0.342. The lowest BCUT2D eigenvalue weighted by Crippen LogP contribution is -2.75. The van der Waals surface area contributed by atoms with Crippen molar-refractivity contribution in [2.45, 2.75) is 71.9 Å². The largest absolute Gasteiger partial charge is 0.390 e. The molecule has 0 aromatic heterocycles. The minimum atomic E-state index is -1.51. The Hall–Kier alpha value is -1.18. The molecule has 0 bridgehead atoms. The summed E-state index contributed by atoms with van der Waals surface area (Å²) in [5.74, 6) is -3.25. The van der Waals surface area contributed by atoms with Crippen LogP contribution in [0.15, 0.2) is 0 Å². The fourth-order valence-electron chi connectivity index (χ4n) is 6.57. The Labute approximate surface area is 192 Å². The minimum absolute atomic E-state index is 0.0169. The fourth-order valence-corrected chi connectivity index (χ4v) is 8.61. The summed E-state index contributed by atoms with van der Waals surface area (Å²) in [6, 6.07) is -2.09. The van der Waals surface area contributed by atoms with E-state index in [9.17, 15) is 39.6 Å². The summed E-state index contributed by atoms with van der Waals surface area (Å²) in [7, 11) is 0. The van der Waals surface area contributed by atoms with E-state index >= 15 is 0 Å². The standard InChI is InChI=1S/C20H26N2O8S2/c1-31-19-5-7-9(23)3-11(25)15(27)13(7)21(19)18(30)20(32-2)6-8-10(24)4-12(26)16(28)14(8)22(20)17(19)29/h7-8,11-16,25-28H,3-6H2,1-2H3/t7-,8-,11-,12-,13-,14-,15-,16-,19+,20+/m0/s1. The lowest BCUT2D eigenvalue weighted by atomic mass is 9.79. The number of thioether (sulfide) groups is 2. The van der Waals surface area contributed by atoms with Crippen LogP contribution >= 0.6 is 23.5 Å². The van der Waals surface area contributed by atoms with Crippen molar-refractivity contribution in [1.29, 1.82) is 0 Å². The van der Waals surface area contributed by atoms with E-state index in [1.165, 1.54) is 9.80 Å². The second kappa shape index (κ2) is 7.16. The van der Waals surface area contributed by atoms with Crippen LogP contribution in [0.4, 0.5) is 0 Å². The van der Waals surface area contributed by atoms with Crippen LogP contribution in [0.1, 0.15) is 25.7 Å². The Kier molecular flexibility index (Phi) is 5.06. The number of hydrogen-bond donors (Lipinski definition) is 4. The van der Waals surface area contributed by atoms with E-state index < -0.39 is 69.9 Å². The Morgan fingerprint density at radius 3 is 1.38 bits per heavy atom. The summed E-state index contributed by atoms with van der Waals surface area (Å²) >= 11 is 2.16. The molecule has 10 atom stereocenters. The SMILES string of the molecule is CS[C@@]12C[C@H]3C(=O)C[C@H](O)[C@H](O)[C@H]3N1C(=O)[C@]1(SC)C[C@H]3C(=O)C[C@H](O)[C@H](O)[C@H]3N1C2=O. The molecule has 2 saturated carbocycles. The van der Waals surface area contributed by atoms with Crippen LogP contribution < -0.4 is 0 Å². The first-order chi connectivity index (χ1) is 15.1. The highest BCUT2D eigenvalue weighted by molar-refractivity contribution is 8.01. The van der Waals surface area contributed by atoms with Crippen molar-refractivity contribution in [3.63, 3.8) is 0 Å². The lowest BCUT2D eigenvalue weighted by molar-refractivity contribution is -0.175. The number of amides is 2. The number of carbonyl (C=O) groups excluding carboxylic acids is 4. The normalized spacial score (nSPS) is 50.3. The molecule has 12 heteroatoms. The molecule has 10 nitrogen and oxygen atoms in total. The van der Waals surface area contributed by atoms with Crippen LogP contribution in [-0.4, -0.2) is 112 Å². The molecule has 0 spiro atoms. The van der Waals surface area contributed by atoms with Crippen LogP contribution in [0.3, 0.4) is 0 Å². The molecule has 176 valence electrons. The number of ketones is 2. The highest BCUT2D eigenvalue weighted by Crippen LogP contribution is 2.60. The molecule has 2 aliphatic carbocycles. The Balaban J connectivity index is 1.68. The second-order valence-corrected chi connectivity index (χ2v) is 11.6. The molecule has 2 amide bonds. The van der Waals surface area contributed by atoms with Crippen LogP contribution in [0, 0.1) is 11.8 Å². The average molecular weight is 487 g/mol. The van der Waals surface area contributed by atoms with Crippen LogP contribution in [0.25, 0.3) is 0 Å². The minimum Gasteiger partial charge on any atom is -0.390 e. The predicted octanol–water partition coefficient (Wildman–Crippen LogP) is -2.06. The molecule has 5 fully saturated rings. The highest BCUT2D eigenvalue weighted by atomic mass is 32.2. The summed E-state index contributed by atoms with van der Waals surface area (Å²) in [6.45, 7) is 0. The molecule has 0 unspecified atom stereocenters. The van der Waals surface area contributed by atoms with Gasteiger partial charge in [-0.15, -0.1) is 23.5 Å². The Morgan fingerprint density at radius 1 is 0.719 bits per heavy atom. The average Bonchev–Trinajstić information content (AvgIpc) is 3.31. The zero-order chi connectivity index (χ0) is 23.3. The molecule has 4 N–H and O–H groups in total. The van der Waals surface area contributed by atoms with Gasteiger partial charge in [0.1, 0.15) is 23.8 Å². The van der Waals surface area contributed by atoms with Gasteiger partial charge in [-0.1, -0.05) is 0 Å². The zero-order valence-corrected chi connectivity index (χ0v) is 19.2. The van der Waals surface area contributed by atoms with E-state index in [-0.39, 0.29) is 37.2 Å². The number of piperazine rings is 1. The van der Waals surface area contributed by atoms with E-state index in [1.54, 1.807) is 12.5 Å². The number of rotatable bonds is 2. The fraction of sp³-hybridized carbons (Fsp3) is 0.800. The van der Waals surface area contributed by atoms with Gasteiger partial charge in [0.25, 0.3) is 11.8 Å². The molecule has 3 aliphatic heterocycles. The van der Waals surface area contributed by atoms with Crippen LogP contribution in [0.2, 0.25) is 0 Å². The van der Waals surface area contributed by atoms with Gasteiger partial charge in [-0.05, 0) is 12.5 Å². The van der Waals surface area contributed by atoms with E-state index in [0.717, 1.165) is 23.5 Å². The second-order valence-electron chi connectivity index (χ2n) is 9.39. The first-order valence-electron chi connectivity index (χ1n) is 10.6. The third-order valence-corrected chi connectivity index (χ3v) is 10.5. The van der Waals surface area contributed by atoms with Crippen molar-refractivity contribution in [2.24, 2.45) is 11.8 Å². The van der Waals surface area contributed by atoms with E-state index in [2.05, 4.69) is 0 Å². The smallest absolute Gasteiger partial charge is 0.261 e. The molecular formula is C20H26N2O8S2. The van der Waals surface area contributed by atoms with Crippen molar-refractivity contribution < 1.29 is 39.6 Å². The van der Waals surface area contributed by atoms with Gasteiger partial charge in [0.15, 0.2) is 9.74 Å². The number of aliphatic hydroxyl groups is 4. The summed E-state index contributed by atoms with van der Waals surface area (Å²) in [4.78, 5) is 53.3. The molecule has 5 rings (SSSR count). The number of Topliss-reactive ketones (excluding diaryl/α,β-unsaturated/α-hetero) is 2. The maximum absolute atomic E-state index is 14.1. The Morgan fingerprint density at radius 2 is 1.06 bits per heavy atom. The molecular weight excluding hydrogens is 460 g/mol. The van der Waals surface area contributed by atoms with E-state index in [4.69, 9.17) is 0 Å². The maximum atomic E-state index is 14.1. The van der Waals surface area contributed by atoms with Crippen molar-refractivity contribution in [3.8, 4) is 0 Å². The van der Waals surface area contributed by atoms with Gasteiger partial charge in [-0.25, -0.2) is 0 Å². The third-order valence-electron chi connectivity index (χ3n) is 8.11. The summed E-state index contributed by atoms with van der Waals surface area (Å²) in [5.41, 5.74) is 0. The maximum Gasteiger partial charge on any atom is 0.261 e. The van der Waals surface area contributed by atoms with Gasteiger partial charge < -0.3 is 30.2 Å². The van der Waals surface area contributed by atoms with Crippen molar-refractivity contribution >= 4 is 46.9 Å². The lowest BCUT2D eigenvalue weighted by Gasteiger charge is -2.55. The van der Waals surface area contributed by atoms with Crippen LogP contribution in [0.5, 0.6) is 0 Å². The first-order valence-corrected chi connectivity index (χ1v) is 13.1. The third kappa shape index (κ3) is 2.48. The van der Waals surface area contributed by atoms with Gasteiger partial charge in [0.05, 0.1) is 24.3 Å². The van der Waals surface area contributed by atoms with E-state index in [1.807, 2.05) is 0 Å². The topological polar surface area (TPSA) is 156 Å². The van der Waals surface area contributed by atoms with Crippen molar-refractivity contribution in [1.82, 2.24) is 9.80 Å². The number of carbonyl (C=O) groups is 4. The first kappa shape index (κ1) is 22.6. The van der Waals surface area contributed by atoms with Crippen molar-refractivity contribution in [3.05, 3.63) is 0 Å². The monoisotopic (exact) mass is 486 g/mol. The molecule has 3 saturated heterocycles. The van der Waals surface area contributed by atoms with Crippen molar-refractivity contribution in [2.75, 3.05) is 12.5 Å². The Bertz CT molecular complexity index is 846.